The second kappa shape index (κ2) is 10.6. The van der Waals surface area contributed by atoms with E-state index in [2.05, 4.69) is 27.5 Å². The molecule has 0 saturated carbocycles. The van der Waals surface area contributed by atoms with Crippen LogP contribution >= 0.6 is 35.3 Å². The molecule has 0 saturated heterocycles. The number of benzene rings is 1. The van der Waals surface area contributed by atoms with Crippen LogP contribution in [0.25, 0.3) is 0 Å². The Bertz CT molecular complexity index is 672. The number of nitrogens with one attached hydrogen (secondary N) is 2. The van der Waals surface area contributed by atoms with E-state index in [1.165, 1.54) is 10.9 Å². The molecule has 1 aromatic carbocycles. The largest absolute Gasteiger partial charge is 0.356 e. The molecule has 0 bridgehead atoms. The Balaban J connectivity index is 0.00000288. The summed E-state index contributed by atoms with van der Waals surface area (Å²) in [6.45, 7) is 5.54. The molecule has 0 unspecified atom stereocenters. The van der Waals surface area contributed by atoms with Crippen LogP contribution in [0.2, 0.25) is 0 Å². The number of guanidine groups is 1. The molecule has 24 heavy (non-hydrogen) atoms. The molecule has 0 fully saturated rings. The number of nitrogens with zero attached hydrogens (tertiary/aromatic N) is 2. The van der Waals surface area contributed by atoms with Gasteiger partial charge in [0.05, 0.1) is 5.01 Å². The standard InChI is InChI=1S/C17H23FN4S.HI/c1-12-10-15(18)5-4-14(12)6-8-20-17(19-3)21-9-7-16-22-11-13(2)23-16;/h4-5,10-11H,6-9H2,1-3H3,(H2,19,20,21);1H. The fourth-order valence-corrected chi connectivity index (χ4v) is 3.07. The number of hydrogen-bond donors (Lipinski definition) is 2. The zero-order chi connectivity index (χ0) is 16.7. The summed E-state index contributed by atoms with van der Waals surface area (Å²) in [7, 11) is 1.76. The van der Waals surface area contributed by atoms with Gasteiger partial charge in [-0.1, -0.05) is 6.07 Å². The lowest BCUT2D eigenvalue weighted by atomic mass is 10.1. The van der Waals surface area contributed by atoms with Crippen LogP contribution in [0.3, 0.4) is 0 Å². The van der Waals surface area contributed by atoms with Crippen LogP contribution in [0.15, 0.2) is 29.4 Å². The summed E-state index contributed by atoms with van der Waals surface area (Å²) in [5, 5.41) is 7.69. The van der Waals surface area contributed by atoms with E-state index >= 15 is 0 Å². The van der Waals surface area contributed by atoms with Crippen molar-refractivity contribution in [3.05, 3.63) is 51.2 Å². The van der Waals surface area contributed by atoms with E-state index in [0.717, 1.165) is 48.0 Å². The Morgan fingerprint density at radius 2 is 1.92 bits per heavy atom. The molecule has 2 N–H and O–H groups in total. The van der Waals surface area contributed by atoms with E-state index < -0.39 is 0 Å². The third-order valence-corrected chi connectivity index (χ3v) is 4.49. The molecule has 1 aromatic heterocycles. The first-order valence-electron chi connectivity index (χ1n) is 7.69. The molecule has 4 nitrogen and oxygen atoms in total. The lowest BCUT2D eigenvalue weighted by Crippen LogP contribution is -2.39. The lowest BCUT2D eigenvalue weighted by molar-refractivity contribution is 0.625. The Morgan fingerprint density at radius 1 is 1.21 bits per heavy atom. The summed E-state index contributed by atoms with van der Waals surface area (Å²) in [5.41, 5.74) is 2.13. The van der Waals surface area contributed by atoms with Crippen molar-refractivity contribution in [2.24, 2.45) is 4.99 Å². The monoisotopic (exact) mass is 462 g/mol. The molecule has 0 aliphatic heterocycles. The lowest BCUT2D eigenvalue weighted by Gasteiger charge is -2.12. The molecular formula is C17H24FIN4S. The maximum absolute atomic E-state index is 13.1. The minimum Gasteiger partial charge on any atom is -0.356 e. The molecule has 0 spiro atoms. The van der Waals surface area contributed by atoms with Crippen LogP contribution in [-0.2, 0) is 12.8 Å². The average Bonchev–Trinajstić information content (AvgIpc) is 2.93. The normalized spacial score (nSPS) is 11.1. The van der Waals surface area contributed by atoms with Gasteiger partial charge in [-0.3, -0.25) is 4.99 Å². The topological polar surface area (TPSA) is 49.3 Å². The van der Waals surface area contributed by atoms with Gasteiger partial charge in [-0.05, 0) is 43.5 Å². The first-order valence-corrected chi connectivity index (χ1v) is 8.51. The van der Waals surface area contributed by atoms with E-state index in [0.29, 0.717) is 0 Å². The molecule has 2 rings (SSSR count). The van der Waals surface area contributed by atoms with Crippen LogP contribution in [0.5, 0.6) is 0 Å². The van der Waals surface area contributed by atoms with Crippen LogP contribution in [-0.4, -0.2) is 31.1 Å². The quantitative estimate of drug-likeness (QED) is 0.393. The zero-order valence-electron chi connectivity index (χ0n) is 14.2. The predicted octanol–water partition coefficient (Wildman–Crippen LogP) is 3.47. The minimum atomic E-state index is -0.186. The van der Waals surface area contributed by atoms with E-state index in [1.54, 1.807) is 24.5 Å². The maximum Gasteiger partial charge on any atom is 0.191 e. The van der Waals surface area contributed by atoms with Gasteiger partial charge in [0.15, 0.2) is 5.96 Å². The fraction of sp³-hybridized carbons (Fsp3) is 0.412. The summed E-state index contributed by atoms with van der Waals surface area (Å²) in [6, 6.07) is 4.91. The number of thiazole rings is 1. The van der Waals surface area contributed by atoms with Crippen LogP contribution in [0.4, 0.5) is 4.39 Å². The smallest absolute Gasteiger partial charge is 0.191 e. The van der Waals surface area contributed by atoms with Gasteiger partial charge in [-0.25, -0.2) is 9.37 Å². The van der Waals surface area contributed by atoms with Gasteiger partial charge in [-0.15, -0.1) is 35.3 Å². The summed E-state index contributed by atoms with van der Waals surface area (Å²) in [6.07, 6.45) is 3.62. The van der Waals surface area contributed by atoms with Crippen molar-refractivity contribution < 1.29 is 4.39 Å². The Morgan fingerprint density at radius 3 is 2.50 bits per heavy atom. The van der Waals surface area contributed by atoms with Crippen molar-refractivity contribution in [2.75, 3.05) is 20.1 Å². The molecular weight excluding hydrogens is 438 g/mol. The van der Waals surface area contributed by atoms with Gasteiger partial charge < -0.3 is 10.6 Å². The average molecular weight is 462 g/mol. The number of rotatable bonds is 6. The molecule has 0 atom stereocenters. The molecule has 0 radical (unpaired) electrons. The highest BCUT2D eigenvalue weighted by atomic mass is 127. The fourth-order valence-electron chi connectivity index (χ4n) is 2.28. The third kappa shape index (κ3) is 6.72. The predicted molar refractivity (Wildman–Crippen MR) is 110 cm³/mol. The maximum atomic E-state index is 13.1. The third-order valence-electron chi connectivity index (χ3n) is 3.52. The highest BCUT2D eigenvalue weighted by Crippen LogP contribution is 2.11. The van der Waals surface area contributed by atoms with Gasteiger partial charge in [-0.2, -0.15) is 0 Å². The number of aryl methyl sites for hydroxylation is 2. The number of halogens is 2. The van der Waals surface area contributed by atoms with Gasteiger partial charge in [0.1, 0.15) is 5.82 Å². The van der Waals surface area contributed by atoms with Crippen LogP contribution < -0.4 is 10.6 Å². The Hall–Kier alpha value is -1.22. The summed E-state index contributed by atoms with van der Waals surface area (Å²) in [5.74, 6) is 0.590. The first-order chi connectivity index (χ1) is 11.1. The molecule has 2 aromatic rings. The summed E-state index contributed by atoms with van der Waals surface area (Å²) < 4.78 is 13.1. The Kier molecular flexibility index (Phi) is 9.20. The second-order valence-electron chi connectivity index (χ2n) is 5.36. The van der Waals surface area contributed by atoms with E-state index in [-0.39, 0.29) is 29.8 Å². The number of aliphatic imine (C=N–C) groups is 1. The molecule has 7 heteroatoms. The van der Waals surface area contributed by atoms with Crippen molar-refractivity contribution in [3.63, 3.8) is 0 Å². The first kappa shape index (κ1) is 20.8. The summed E-state index contributed by atoms with van der Waals surface area (Å²) >= 11 is 1.72. The van der Waals surface area contributed by atoms with Crippen molar-refractivity contribution in [3.8, 4) is 0 Å². The number of aromatic nitrogens is 1. The molecule has 0 aliphatic rings. The van der Waals surface area contributed by atoms with Gasteiger partial charge in [0, 0.05) is 37.6 Å². The van der Waals surface area contributed by atoms with Crippen molar-refractivity contribution >= 4 is 41.3 Å². The van der Waals surface area contributed by atoms with E-state index in [4.69, 9.17) is 0 Å². The minimum absolute atomic E-state index is 0. The van der Waals surface area contributed by atoms with Crippen molar-refractivity contribution in [1.82, 2.24) is 15.6 Å². The molecule has 1 heterocycles. The van der Waals surface area contributed by atoms with E-state index in [1.807, 2.05) is 19.2 Å². The Labute approximate surface area is 164 Å². The van der Waals surface area contributed by atoms with Crippen molar-refractivity contribution in [1.29, 1.82) is 0 Å². The van der Waals surface area contributed by atoms with Crippen LogP contribution in [0, 0.1) is 19.7 Å². The van der Waals surface area contributed by atoms with Gasteiger partial charge in [0.2, 0.25) is 0 Å². The summed E-state index contributed by atoms with van der Waals surface area (Å²) in [4.78, 5) is 9.79. The van der Waals surface area contributed by atoms with Gasteiger partial charge in [0.25, 0.3) is 0 Å². The van der Waals surface area contributed by atoms with Gasteiger partial charge >= 0.3 is 0 Å². The molecule has 0 amide bonds. The number of hydrogen-bond acceptors (Lipinski definition) is 3. The molecule has 132 valence electrons. The highest BCUT2D eigenvalue weighted by Gasteiger charge is 2.03. The van der Waals surface area contributed by atoms with E-state index in [9.17, 15) is 4.39 Å². The molecule has 0 aliphatic carbocycles. The highest BCUT2D eigenvalue weighted by molar-refractivity contribution is 14.0. The zero-order valence-corrected chi connectivity index (χ0v) is 17.4. The van der Waals surface area contributed by atoms with Crippen LogP contribution in [0.1, 0.15) is 21.0 Å². The second-order valence-corrected chi connectivity index (χ2v) is 6.68. The van der Waals surface area contributed by atoms with Crippen molar-refractivity contribution in [2.45, 2.75) is 26.7 Å². The SMILES string of the molecule is CN=C(NCCc1ncc(C)s1)NCCc1ccc(F)cc1C.I.